The first-order valence-corrected chi connectivity index (χ1v) is 14.2. The van der Waals surface area contributed by atoms with Gasteiger partial charge in [0.15, 0.2) is 5.79 Å². The molecular weight excluding hydrogens is 516 g/mol. The number of aliphatic hydroxyl groups is 2. The number of carbonyl (C=O) groups is 3. The molecule has 2 heterocycles. The topological polar surface area (TPSA) is 135 Å². The van der Waals surface area contributed by atoms with Crippen molar-refractivity contribution >= 4 is 17.8 Å². The molecule has 0 saturated carbocycles. The van der Waals surface area contributed by atoms with Crippen molar-refractivity contribution in [2.24, 2.45) is 0 Å². The van der Waals surface area contributed by atoms with Crippen LogP contribution in [0.15, 0.2) is 35.9 Å². The molecule has 2 saturated heterocycles. The third kappa shape index (κ3) is 6.10. The number of rotatable bonds is 7. The monoisotopic (exact) mass is 556 g/mol. The molecule has 40 heavy (non-hydrogen) atoms. The van der Waals surface area contributed by atoms with Crippen molar-refractivity contribution in [2.45, 2.75) is 108 Å². The maximum Gasteiger partial charge on any atom is 0.306 e. The van der Waals surface area contributed by atoms with E-state index < -0.39 is 47.8 Å². The molecule has 2 aliphatic heterocycles. The van der Waals surface area contributed by atoms with E-state index in [1.165, 1.54) is 4.90 Å². The summed E-state index contributed by atoms with van der Waals surface area (Å²) in [5.41, 5.74) is 2.12. The number of hydrogen-bond donors (Lipinski definition) is 3. The van der Waals surface area contributed by atoms with Crippen LogP contribution in [0.5, 0.6) is 0 Å². The Morgan fingerprint density at radius 2 is 1.88 bits per heavy atom. The highest BCUT2D eigenvalue weighted by Crippen LogP contribution is 2.44. The lowest BCUT2D eigenvalue weighted by molar-refractivity contribution is -0.171. The second-order valence-corrected chi connectivity index (χ2v) is 12.3. The number of hydrogen-bond acceptors (Lipinski definition) is 8. The van der Waals surface area contributed by atoms with Crippen LogP contribution in [-0.4, -0.2) is 87.8 Å². The van der Waals surface area contributed by atoms with E-state index in [0.717, 1.165) is 11.1 Å². The molecule has 3 N–H and O–H groups in total. The third-order valence-electron chi connectivity index (χ3n) is 8.01. The minimum Gasteiger partial charge on any atom is -0.460 e. The van der Waals surface area contributed by atoms with E-state index in [1.54, 1.807) is 26.8 Å². The van der Waals surface area contributed by atoms with E-state index >= 15 is 0 Å². The largest absolute Gasteiger partial charge is 0.460 e. The molecule has 10 nitrogen and oxygen atoms in total. The summed E-state index contributed by atoms with van der Waals surface area (Å²) in [6.07, 6.45) is 2.46. The lowest BCUT2D eigenvalue weighted by Crippen LogP contribution is -2.51. The first kappa shape index (κ1) is 28.7. The average Bonchev–Trinajstić information content (AvgIpc) is 3.61. The first-order chi connectivity index (χ1) is 19.0. The molecule has 2 aliphatic carbocycles. The molecule has 0 radical (unpaired) electrons. The minimum atomic E-state index is -0.904. The quantitative estimate of drug-likeness (QED) is 0.431. The zero-order valence-corrected chi connectivity index (χ0v) is 23.4. The van der Waals surface area contributed by atoms with Gasteiger partial charge in [-0.15, -0.1) is 0 Å². The average molecular weight is 557 g/mol. The van der Waals surface area contributed by atoms with Gasteiger partial charge >= 0.3 is 5.97 Å². The Bertz CT molecular complexity index is 1150. The molecule has 10 heteroatoms. The lowest BCUT2D eigenvalue weighted by Gasteiger charge is -2.31. The Labute approximate surface area is 234 Å². The molecule has 0 bridgehead atoms. The normalized spacial score (nSPS) is 27.6. The van der Waals surface area contributed by atoms with Crippen molar-refractivity contribution in [1.29, 1.82) is 0 Å². The zero-order chi connectivity index (χ0) is 28.7. The van der Waals surface area contributed by atoms with Gasteiger partial charge < -0.3 is 34.6 Å². The number of esters is 1. The zero-order valence-electron chi connectivity index (χ0n) is 23.4. The van der Waals surface area contributed by atoms with Crippen molar-refractivity contribution in [1.82, 2.24) is 10.2 Å². The number of nitrogens with one attached hydrogen (secondary N) is 1. The molecule has 1 spiro atoms. The van der Waals surface area contributed by atoms with Crippen LogP contribution in [0.3, 0.4) is 0 Å². The van der Waals surface area contributed by atoms with Crippen LogP contribution in [-0.2, 0) is 41.4 Å². The molecule has 1 aromatic carbocycles. The highest BCUT2D eigenvalue weighted by molar-refractivity contribution is 5.97. The van der Waals surface area contributed by atoms with Gasteiger partial charge in [-0.05, 0) is 57.2 Å². The molecule has 2 fully saturated rings. The van der Waals surface area contributed by atoms with E-state index in [1.807, 2.05) is 12.1 Å². The van der Waals surface area contributed by atoms with Crippen LogP contribution in [0.2, 0.25) is 0 Å². The fourth-order valence-electron chi connectivity index (χ4n) is 6.22. The molecule has 5 atom stereocenters. The molecule has 4 aliphatic rings. The summed E-state index contributed by atoms with van der Waals surface area (Å²) in [5, 5.41) is 23.5. The van der Waals surface area contributed by atoms with Gasteiger partial charge in [0.1, 0.15) is 23.9 Å². The van der Waals surface area contributed by atoms with E-state index in [2.05, 4.69) is 17.4 Å². The number of carbonyl (C=O) groups excluding carboxylic acids is 3. The summed E-state index contributed by atoms with van der Waals surface area (Å²) in [5.74, 6) is -1.92. The van der Waals surface area contributed by atoms with Gasteiger partial charge in [0.05, 0.1) is 18.8 Å². The summed E-state index contributed by atoms with van der Waals surface area (Å²) in [7, 11) is 0. The molecule has 0 unspecified atom stereocenters. The Hall–Kier alpha value is -2.79. The predicted molar refractivity (Wildman–Crippen MR) is 144 cm³/mol. The van der Waals surface area contributed by atoms with Crippen LogP contribution in [0.4, 0.5) is 0 Å². The van der Waals surface area contributed by atoms with Gasteiger partial charge in [-0.25, -0.2) is 0 Å². The summed E-state index contributed by atoms with van der Waals surface area (Å²) in [4.78, 5) is 40.4. The standard InChI is InChI=1S/C30H40N2O8/c1-29(2,3)39-25(35)11-10-21(17-33)31-27(36)22-9-6-12-32(22)28(37)20-13-23(34)26-24(14-20)38-30(40-26)15-18-7-4-5-8-19(18)16-30/h4-5,7-8,14,21-24,26,33-34H,6,9-13,15-17H2,1-3H3,(H,31,36)/t21-,22+,23+,24+,26-/m0/s1. The van der Waals surface area contributed by atoms with Gasteiger partial charge in [-0.2, -0.15) is 0 Å². The first-order valence-electron chi connectivity index (χ1n) is 14.2. The smallest absolute Gasteiger partial charge is 0.306 e. The highest BCUT2D eigenvalue weighted by Gasteiger charge is 2.54. The number of aliphatic hydroxyl groups excluding tert-OH is 2. The Morgan fingerprint density at radius 1 is 1.18 bits per heavy atom. The number of amides is 2. The van der Waals surface area contributed by atoms with Crippen molar-refractivity contribution < 1.29 is 38.8 Å². The highest BCUT2D eigenvalue weighted by atomic mass is 16.8. The fourth-order valence-corrected chi connectivity index (χ4v) is 6.22. The Kier molecular flexibility index (Phi) is 8.07. The second kappa shape index (κ2) is 11.2. The number of likely N-dealkylation sites (tertiary alicyclic amines) is 1. The number of nitrogens with zero attached hydrogens (tertiary/aromatic N) is 1. The van der Waals surface area contributed by atoms with Gasteiger partial charge in [0.2, 0.25) is 11.8 Å². The summed E-state index contributed by atoms with van der Waals surface area (Å²) >= 11 is 0. The van der Waals surface area contributed by atoms with Crippen molar-refractivity contribution in [3.8, 4) is 0 Å². The lowest BCUT2D eigenvalue weighted by atomic mass is 9.91. The van der Waals surface area contributed by atoms with Gasteiger partial charge in [0.25, 0.3) is 0 Å². The van der Waals surface area contributed by atoms with Gasteiger partial charge in [-0.1, -0.05) is 24.3 Å². The maximum absolute atomic E-state index is 13.6. The van der Waals surface area contributed by atoms with Crippen LogP contribution >= 0.6 is 0 Å². The summed E-state index contributed by atoms with van der Waals surface area (Å²) in [6, 6.07) is 6.74. The molecular formula is C30H40N2O8. The minimum absolute atomic E-state index is 0.0536. The van der Waals surface area contributed by atoms with E-state index in [-0.39, 0.29) is 37.7 Å². The number of ether oxygens (including phenoxy) is 3. The number of benzene rings is 1. The van der Waals surface area contributed by atoms with E-state index in [4.69, 9.17) is 14.2 Å². The molecule has 5 rings (SSSR count). The SMILES string of the molecule is CC(C)(C)OC(=O)CC[C@@H](CO)NC(=O)[C@H]1CCCN1C(=O)C1=C[C@H]2OC3(Cc4ccccc4C3)O[C@H]2[C@H](O)C1. The van der Waals surface area contributed by atoms with Gasteiger partial charge in [-0.3, -0.25) is 14.4 Å². The second-order valence-electron chi connectivity index (χ2n) is 12.3. The van der Waals surface area contributed by atoms with Crippen LogP contribution in [0.1, 0.15) is 64.0 Å². The van der Waals surface area contributed by atoms with Crippen LogP contribution in [0, 0.1) is 0 Å². The Balaban J connectivity index is 1.21. The maximum atomic E-state index is 13.6. The summed E-state index contributed by atoms with van der Waals surface area (Å²) < 4.78 is 17.9. The molecule has 1 aromatic rings. The van der Waals surface area contributed by atoms with E-state index in [9.17, 15) is 24.6 Å². The number of fused-ring (bicyclic) bond motifs is 2. The molecule has 2 amide bonds. The van der Waals surface area contributed by atoms with Crippen molar-refractivity contribution in [2.75, 3.05) is 13.2 Å². The van der Waals surface area contributed by atoms with Crippen molar-refractivity contribution in [3.05, 3.63) is 47.0 Å². The van der Waals surface area contributed by atoms with Crippen molar-refractivity contribution in [3.63, 3.8) is 0 Å². The van der Waals surface area contributed by atoms with E-state index in [0.29, 0.717) is 37.8 Å². The Morgan fingerprint density at radius 3 is 2.52 bits per heavy atom. The molecule has 218 valence electrons. The van der Waals surface area contributed by atoms with Crippen LogP contribution < -0.4 is 5.32 Å². The van der Waals surface area contributed by atoms with Crippen LogP contribution in [0.25, 0.3) is 0 Å². The molecule has 0 aromatic heterocycles. The fraction of sp³-hybridized carbons (Fsp3) is 0.633. The predicted octanol–water partition coefficient (Wildman–Crippen LogP) is 1.55. The van der Waals surface area contributed by atoms with Gasteiger partial charge in [0, 0.05) is 37.8 Å². The third-order valence-corrected chi connectivity index (χ3v) is 8.01. The summed E-state index contributed by atoms with van der Waals surface area (Å²) in [6.45, 7) is 5.41.